The minimum absolute atomic E-state index is 0.0424. The third-order valence-corrected chi connectivity index (χ3v) is 5.26. The fourth-order valence-electron chi connectivity index (χ4n) is 3.63. The summed E-state index contributed by atoms with van der Waals surface area (Å²) >= 11 is 0. The first-order valence-corrected chi connectivity index (χ1v) is 11.0. The quantitative estimate of drug-likeness (QED) is 0.368. The number of esters is 1. The average Bonchev–Trinajstić information content (AvgIpc) is 3.53. The zero-order chi connectivity index (χ0) is 25.7. The van der Waals surface area contributed by atoms with Crippen molar-refractivity contribution in [2.75, 3.05) is 6.61 Å². The third-order valence-electron chi connectivity index (χ3n) is 5.26. The Labute approximate surface area is 204 Å². The lowest BCUT2D eigenvalue weighted by Gasteiger charge is -2.13. The van der Waals surface area contributed by atoms with E-state index in [0.717, 1.165) is 17.3 Å². The van der Waals surface area contributed by atoms with E-state index >= 15 is 0 Å². The van der Waals surface area contributed by atoms with E-state index in [4.69, 9.17) is 4.74 Å². The second-order valence-corrected chi connectivity index (χ2v) is 7.79. The smallest absolute Gasteiger partial charge is 0.434 e. The number of rotatable bonds is 8. The van der Waals surface area contributed by atoms with Crippen LogP contribution in [0.2, 0.25) is 0 Å². The highest BCUT2D eigenvalue weighted by atomic mass is 19.4. The highest BCUT2D eigenvalue weighted by Crippen LogP contribution is 2.34. The number of ether oxygens (including phenoxy) is 1. The summed E-state index contributed by atoms with van der Waals surface area (Å²) < 4.78 is 48.2. The van der Waals surface area contributed by atoms with E-state index in [1.54, 1.807) is 10.9 Å². The monoisotopic (exact) mass is 497 g/mol. The minimum Gasteiger partial charge on any atom is -0.462 e. The Morgan fingerprint density at radius 3 is 2.44 bits per heavy atom. The summed E-state index contributed by atoms with van der Waals surface area (Å²) in [6, 6.07) is 15.0. The van der Waals surface area contributed by atoms with E-state index < -0.39 is 23.4 Å². The Morgan fingerprint density at radius 2 is 1.78 bits per heavy atom. The maximum absolute atomic E-state index is 13.7. The molecular weight excluding hydrogens is 475 g/mol. The van der Waals surface area contributed by atoms with Gasteiger partial charge >= 0.3 is 12.1 Å². The Hall–Kier alpha value is -4.41. The van der Waals surface area contributed by atoms with E-state index in [9.17, 15) is 22.8 Å². The number of nitrogens with zero attached hydrogens (tertiary/aromatic N) is 4. The van der Waals surface area contributed by atoms with Gasteiger partial charge in [0.25, 0.3) is 5.91 Å². The van der Waals surface area contributed by atoms with Crippen LogP contribution in [0.5, 0.6) is 0 Å². The minimum atomic E-state index is -4.85. The van der Waals surface area contributed by atoms with Crippen molar-refractivity contribution in [3.63, 3.8) is 0 Å². The van der Waals surface area contributed by atoms with Gasteiger partial charge < -0.3 is 10.1 Å². The largest absolute Gasteiger partial charge is 0.462 e. The van der Waals surface area contributed by atoms with Crippen molar-refractivity contribution < 1.29 is 27.5 Å². The van der Waals surface area contributed by atoms with Gasteiger partial charge in [0.15, 0.2) is 5.69 Å². The lowest BCUT2D eigenvalue weighted by molar-refractivity contribution is -0.143. The number of halogens is 3. The fraction of sp³-hybridized carbons (Fsp3) is 0.200. The summed E-state index contributed by atoms with van der Waals surface area (Å²) in [6.07, 6.45) is -0.468. The SMILES string of the molecule is CCOC(=O)c1cnn(-c2ccc(C(=O)NCc3cccc(Cn4cccn4)c3)cc2)c1C(F)(F)F. The number of hydrogen-bond acceptors (Lipinski definition) is 5. The Morgan fingerprint density at radius 1 is 1.03 bits per heavy atom. The van der Waals surface area contributed by atoms with Crippen molar-refractivity contribution in [2.45, 2.75) is 26.2 Å². The molecule has 0 aliphatic carbocycles. The summed E-state index contributed by atoms with van der Waals surface area (Å²) in [5, 5.41) is 10.7. The van der Waals surface area contributed by atoms with Gasteiger partial charge in [-0.2, -0.15) is 23.4 Å². The normalized spacial score (nSPS) is 11.3. The average molecular weight is 497 g/mol. The van der Waals surface area contributed by atoms with Crippen LogP contribution in [0.1, 0.15) is 44.5 Å². The molecule has 0 unspecified atom stereocenters. The number of amides is 1. The summed E-state index contributed by atoms with van der Waals surface area (Å²) in [6.45, 7) is 2.30. The summed E-state index contributed by atoms with van der Waals surface area (Å²) in [5.41, 5.74) is 0.298. The molecule has 4 rings (SSSR count). The first kappa shape index (κ1) is 24.7. The number of carbonyl (C=O) groups is 2. The van der Waals surface area contributed by atoms with Gasteiger partial charge in [-0.3, -0.25) is 9.48 Å². The van der Waals surface area contributed by atoms with Crippen LogP contribution in [0, 0.1) is 0 Å². The van der Waals surface area contributed by atoms with Gasteiger partial charge in [0.2, 0.25) is 0 Å². The molecule has 2 aromatic carbocycles. The molecular formula is C25H22F3N5O3. The van der Waals surface area contributed by atoms with Crippen LogP contribution in [-0.2, 0) is 24.0 Å². The van der Waals surface area contributed by atoms with Crippen LogP contribution in [0.15, 0.2) is 73.2 Å². The van der Waals surface area contributed by atoms with Crippen LogP contribution in [0.25, 0.3) is 5.69 Å². The number of nitrogens with one attached hydrogen (secondary N) is 1. The van der Waals surface area contributed by atoms with Gasteiger partial charge in [-0.25, -0.2) is 9.48 Å². The fourth-order valence-corrected chi connectivity index (χ4v) is 3.63. The molecule has 11 heteroatoms. The molecule has 0 saturated heterocycles. The van der Waals surface area contributed by atoms with Crippen molar-refractivity contribution in [1.29, 1.82) is 0 Å². The van der Waals surface area contributed by atoms with Crippen LogP contribution in [0.3, 0.4) is 0 Å². The molecule has 2 heterocycles. The molecule has 0 aliphatic heterocycles. The molecule has 1 amide bonds. The van der Waals surface area contributed by atoms with Gasteiger partial charge in [0, 0.05) is 24.5 Å². The van der Waals surface area contributed by atoms with E-state index in [-0.39, 0.29) is 30.3 Å². The molecule has 2 aromatic heterocycles. The number of carbonyl (C=O) groups excluding carboxylic acids is 2. The molecule has 0 saturated carbocycles. The molecule has 36 heavy (non-hydrogen) atoms. The highest BCUT2D eigenvalue weighted by molar-refractivity contribution is 5.94. The van der Waals surface area contributed by atoms with E-state index in [1.165, 1.54) is 31.2 Å². The van der Waals surface area contributed by atoms with E-state index in [0.29, 0.717) is 11.2 Å². The summed E-state index contributed by atoms with van der Waals surface area (Å²) in [4.78, 5) is 24.6. The Bertz CT molecular complexity index is 1350. The highest BCUT2D eigenvalue weighted by Gasteiger charge is 2.41. The molecule has 0 spiro atoms. The topological polar surface area (TPSA) is 91.0 Å². The van der Waals surface area contributed by atoms with E-state index in [1.807, 2.05) is 36.5 Å². The second-order valence-electron chi connectivity index (χ2n) is 7.79. The molecule has 0 atom stereocenters. The number of alkyl halides is 3. The molecule has 0 fully saturated rings. The Balaban J connectivity index is 1.46. The van der Waals surface area contributed by atoms with E-state index in [2.05, 4.69) is 15.5 Å². The van der Waals surface area contributed by atoms with Crippen LogP contribution in [-0.4, -0.2) is 38.0 Å². The lowest BCUT2D eigenvalue weighted by atomic mass is 10.1. The van der Waals surface area contributed by atoms with Crippen molar-refractivity contribution >= 4 is 11.9 Å². The van der Waals surface area contributed by atoms with Gasteiger partial charge in [-0.15, -0.1) is 0 Å². The van der Waals surface area contributed by atoms with Crippen molar-refractivity contribution in [3.8, 4) is 5.69 Å². The zero-order valence-electron chi connectivity index (χ0n) is 19.2. The summed E-state index contributed by atoms with van der Waals surface area (Å²) in [7, 11) is 0. The molecule has 0 bridgehead atoms. The third kappa shape index (κ3) is 5.62. The number of benzene rings is 2. The van der Waals surface area contributed by atoms with Crippen LogP contribution < -0.4 is 5.32 Å². The molecule has 4 aromatic rings. The van der Waals surface area contributed by atoms with Gasteiger partial charge in [-0.1, -0.05) is 24.3 Å². The van der Waals surface area contributed by atoms with Gasteiger partial charge in [-0.05, 0) is 48.4 Å². The van der Waals surface area contributed by atoms with Crippen molar-refractivity contribution in [2.24, 2.45) is 0 Å². The van der Waals surface area contributed by atoms with Crippen LogP contribution in [0.4, 0.5) is 13.2 Å². The van der Waals surface area contributed by atoms with Gasteiger partial charge in [0.05, 0.1) is 25.0 Å². The van der Waals surface area contributed by atoms with Crippen molar-refractivity contribution in [3.05, 3.63) is 101 Å². The first-order valence-electron chi connectivity index (χ1n) is 11.0. The second kappa shape index (κ2) is 10.5. The predicted octanol–water partition coefficient (Wildman–Crippen LogP) is 4.24. The van der Waals surface area contributed by atoms with Crippen molar-refractivity contribution in [1.82, 2.24) is 24.9 Å². The maximum Gasteiger partial charge on any atom is 0.434 e. The van der Waals surface area contributed by atoms with Crippen LogP contribution >= 0.6 is 0 Å². The standard InChI is InChI=1S/C25H22F3N5O3/c1-2-36-24(35)21-15-31-33(22(21)25(26,27)28)20-9-7-19(8-10-20)23(34)29-14-17-5-3-6-18(13-17)16-32-12-4-11-30-32/h3-13,15H,2,14,16H2,1H3,(H,29,34). The lowest BCUT2D eigenvalue weighted by Crippen LogP contribution is -2.23. The molecule has 186 valence electrons. The van der Waals surface area contributed by atoms with Gasteiger partial charge in [0.1, 0.15) is 5.56 Å². The predicted molar refractivity (Wildman–Crippen MR) is 123 cm³/mol. The molecule has 0 radical (unpaired) electrons. The number of aromatic nitrogens is 4. The molecule has 1 N–H and O–H groups in total. The zero-order valence-corrected chi connectivity index (χ0v) is 19.2. The molecule has 8 nitrogen and oxygen atoms in total. The number of hydrogen-bond donors (Lipinski definition) is 1. The first-order chi connectivity index (χ1) is 17.3. The Kier molecular flexibility index (Phi) is 7.18. The molecule has 0 aliphatic rings. The maximum atomic E-state index is 13.7. The summed E-state index contributed by atoms with van der Waals surface area (Å²) in [5.74, 6) is -1.50.